The first-order valence-corrected chi connectivity index (χ1v) is 9.92. The summed E-state index contributed by atoms with van der Waals surface area (Å²) in [6.45, 7) is 1.96. The Morgan fingerprint density at radius 1 is 1.03 bits per heavy atom. The normalized spacial score (nSPS) is 10.6. The molecule has 0 saturated heterocycles. The highest BCUT2D eigenvalue weighted by molar-refractivity contribution is 5.99. The van der Waals surface area contributed by atoms with Gasteiger partial charge in [-0.1, -0.05) is 6.92 Å². The monoisotopic (exact) mass is 432 g/mol. The van der Waals surface area contributed by atoms with Crippen LogP contribution in [0, 0.1) is 5.82 Å². The summed E-state index contributed by atoms with van der Waals surface area (Å²) < 4.78 is 20.5. The summed E-state index contributed by atoms with van der Waals surface area (Å²) >= 11 is 0. The molecule has 2 aromatic heterocycles. The molecule has 32 heavy (non-hydrogen) atoms. The van der Waals surface area contributed by atoms with E-state index in [0.29, 0.717) is 40.9 Å². The van der Waals surface area contributed by atoms with Gasteiger partial charge < -0.3 is 15.8 Å². The summed E-state index contributed by atoms with van der Waals surface area (Å²) in [6, 6.07) is 17.4. The highest BCUT2D eigenvalue weighted by Crippen LogP contribution is 2.24. The molecule has 4 N–H and O–H groups in total. The standard InChI is InChI=1S/C23H21FN6O2/c1-2-16-13-22(30(29-16)18-7-3-15(24)4-8-18)28-23(31)27-17-5-9-19(10-6-17)32-20-11-12-26-21(25)14-20/h3-14H,2H2,1H3,(H2,25,26)(H2,27,28,31). The van der Waals surface area contributed by atoms with Gasteiger partial charge in [0, 0.05) is 24.0 Å². The summed E-state index contributed by atoms with van der Waals surface area (Å²) in [5.41, 5.74) is 7.66. The van der Waals surface area contributed by atoms with Gasteiger partial charge in [0.15, 0.2) is 0 Å². The molecule has 0 fully saturated rings. The maximum Gasteiger partial charge on any atom is 0.324 e. The number of aromatic nitrogens is 3. The zero-order chi connectivity index (χ0) is 22.5. The van der Waals surface area contributed by atoms with E-state index in [0.717, 1.165) is 5.69 Å². The number of nitrogens with two attached hydrogens (primary N) is 1. The third-order valence-electron chi connectivity index (χ3n) is 4.54. The van der Waals surface area contributed by atoms with Crippen molar-refractivity contribution in [1.29, 1.82) is 0 Å². The van der Waals surface area contributed by atoms with Crippen LogP contribution in [0.15, 0.2) is 72.9 Å². The Kier molecular flexibility index (Phi) is 5.98. The zero-order valence-electron chi connectivity index (χ0n) is 17.2. The number of carbonyl (C=O) groups is 1. The smallest absolute Gasteiger partial charge is 0.324 e. The van der Waals surface area contributed by atoms with E-state index in [2.05, 4.69) is 20.7 Å². The molecule has 162 valence electrons. The van der Waals surface area contributed by atoms with E-state index in [1.807, 2.05) is 6.92 Å². The van der Waals surface area contributed by atoms with Crippen LogP contribution in [0.1, 0.15) is 12.6 Å². The maximum absolute atomic E-state index is 13.3. The minimum absolute atomic E-state index is 0.344. The zero-order valence-corrected chi connectivity index (χ0v) is 17.2. The van der Waals surface area contributed by atoms with Gasteiger partial charge in [-0.3, -0.25) is 5.32 Å². The van der Waals surface area contributed by atoms with Crippen LogP contribution in [-0.2, 0) is 6.42 Å². The van der Waals surface area contributed by atoms with E-state index in [1.165, 1.54) is 12.1 Å². The van der Waals surface area contributed by atoms with Crippen LogP contribution < -0.4 is 21.1 Å². The summed E-state index contributed by atoms with van der Waals surface area (Å²) in [5, 5.41) is 10.0. The molecule has 0 unspecified atom stereocenters. The Balaban J connectivity index is 1.43. The van der Waals surface area contributed by atoms with Crippen LogP contribution in [0.25, 0.3) is 5.69 Å². The number of pyridine rings is 1. The Bertz CT molecular complexity index is 1220. The first-order chi connectivity index (χ1) is 15.5. The Hall–Kier alpha value is -4.40. The molecule has 0 aliphatic carbocycles. The highest BCUT2D eigenvalue weighted by Gasteiger charge is 2.12. The second-order valence-corrected chi connectivity index (χ2v) is 6.88. The molecule has 0 spiro atoms. The minimum atomic E-state index is -0.438. The molecule has 0 radical (unpaired) electrons. The lowest BCUT2D eigenvalue weighted by Gasteiger charge is -2.11. The van der Waals surface area contributed by atoms with E-state index in [1.54, 1.807) is 65.5 Å². The molecule has 8 nitrogen and oxygen atoms in total. The van der Waals surface area contributed by atoms with Crippen molar-refractivity contribution in [3.05, 3.63) is 84.4 Å². The number of hydrogen-bond donors (Lipinski definition) is 3. The summed E-state index contributed by atoms with van der Waals surface area (Å²) in [4.78, 5) is 16.5. The number of hydrogen-bond acceptors (Lipinski definition) is 5. The van der Waals surface area contributed by atoms with Crippen LogP contribution in [0.2, 0.25) is 0 Å². The lowest BCUT2D eigenvalue weighted by molar-refractivity contribution is 0.262. The molecule has 9 heteroatoms. The van der Waals surface area contributed by atoms with Crippen molar-refractivity contribution in [3.63, 3.8) is 0 Å². The molecule has 0 aliphatic heterocycles. The number of ether oxygens (including phenoxy) is 1. The number of nitrogens with zero attached hydrogens (tertiary/aromatic N) is 3. The average Bonchev–Trinajstić information content (AvgIpc) is 3.18. The topological polar surface area (TPSA) is 107 Å². The van der Waals surface area contributed by atoms with E-state index >= 15 is 0 Å². The number of urea groups is 1. The molecule has 2 heterocycles. The summed E-state index contributed by atoms with van der Waals surface area (Å²) in [6.07, 6.45) is 2.25. The van der Waals surface area contributed by atoms with Crippen LogP contribution in [-0.4, -0.2) is 20.8 Å². The minimum Gasteiger partial charge on any atom is -0.457 e. The number of nitrogens with one attached hydrogen (secondary N) is 2. The third-order valence-corrected chi connectivity index (χ3v) is 4.54. The fraction of sp³-hybridized carbons (Fsp3) is 0.0870. The van der Waals surface area contributed by atoms with Gasteiger partial charge in [0.05, 0.1) is 11.4 Å². The second-order valence-electron chi connectivity index (χ2n) is 6.88. The number of nitrogen functional groups attached to an aromatic ring is 1. The van der Waals surface area contributed by atoms with Crippen molar-refractivity contribution in [2.45, 2.75) is 13.3 Å². The van der Waals surface area contributed by atoms with Gasteiger partial charge in [0.25, 0.3) is 0 Å². The van der Waals surface area contributed by atoms with Gasteiger partial charge in [-0.05, 0) is 61.0 Å². The Labute approximate surface area is 183 Å². The number of rotatable bonds is 6. The first kappa shape index (κ1) is 20.9. The Morgan fingerprint density at radius 2 is 1.78 bits per heavy atom. The van der Waals surface area contributed by atoms with Crippen LogP contribution >= 0.6 is 0 Å². The fourth-order valence-corrected chi connectivity index (χ4v) is 2.98. The van der Waals surface area contributed by atoms with Crippen LogP contribution in [0.5, 0.6) is 11.5 Å². The van der Waals surface area contributed by atoms with Crippen molar-refractivity contribution in [3.8, 4) is 17.2 Å². The molecule has 4 aromatic rings. The Morgan fingerprint density at radius 3 is 2.47 bits per heavy atom. The highest BCUT2D eigenvalue weighted by atomic mass is 19.1. The van der Waals surface area contributed by atoms with Crippen molar-refractivity contribution < 1.29 is 13.9 Å². The predicted octanol–water partition coefficient (Wildman–Crippen LogP) is 4.99. The van der Waals surface area contributed by atoms with Crippen LogP contribution in [0.3, 0.4) is 0 Å². The van der Waals surface area contributed by atoms with Crippen molar-refractivity contribution in [2.24, 2.45) is 0 Å². The maximum atomic E-state index is 13.3. The molecule has 0 atom stereocenters. The summed E-state index contributed by atoms with van der Waals surface area (Å²) in [7, 11) is 0. The average molecular weight is 432 g/mol. The van der Waals surface area contributed by atoms with Gasteiger partial charge >= 0.3 is 6.03 Å². The predicted molar refractivity (Wildman–Crippen MR) is 121 cm³/mol. The third kappa shape index (κ3) is 5.01. The lowest BCUT2D eigenvalue weighted by Crippen LogP contribution is -2.21. The molecule has 2 aromatic carbocycles. The number of carbonyl (C=O) groups excluding carboxylic acids is 1. The molecule has 2 amide bonds. The van der Waals surface area contributed by atoms with Gasteiger partial charge in [-0.25, -0.2) is 18.9 Å². The number of halogens is 1. The second kappa shape index (κ2) is 9.17. The molecular weight excluding hydrogens is 411 g/mol. The molecule has 4 rings (SSSR count). The van der Waals surface area contributed by atoms with Crippen molar-refractivity contribution >= 4 is 23.4 Å². The molecular formula is C23H21FN6O2. The van der Waals surface area contributed by atoms with E-state index in [-0.39, 0.29) is 5.82 Å². The van der Waals surface area contributed by atoms with Gasteiger partial charge in [-0.2, -0.15) is 5.10 Å². The number of amides is 2. The largest absolute Gasteiger partial charge is 0.457 e. The fourth-order valence-electron chi connectivity index (χ4n) is 2.98. The van der Waals surface area contributed by atoms with E-state index in [9.17, 15) is 9.18 Å². The SMILES string of the molecule is CCc1cc(NC(=O)Nc2ccc(Oc3ccnc(N)c3)cc2)n(-c2ccc(F)cc2)n1. The van der Waals surface area contributed by atoms with Gasteiger partial charge in [0.2, 0.25) is 0 Å². The number of benzene rings is 2. The van der Waals surface area contributed by atoms with Crippen molar-refractivity contribution in [2.75, 3.05) is 16.4 Å². The number of aryl methyl sites for hydroxylation is 1. The molecule has 0 saturated carbocycles. The van der Waals surface area contributed by atoms with Crippen LogP contribution in [0.4, 0.5) is 26.5 Å². The quantitative estimate of drug-likeness (QED) is 0.398. The van der Waals surface area contributed by atoms with Gasteiger partial charge in [-0.15, -0.1) is 0 Å². The number of anilines is 3. The lowest BCUT2D eigenvalue weighted by atomic mass is 10.3. The molecule has 0 bridgehead atoms. The first-order valence-electron chi connectivity index (χ1n) is 9.92. The van der Waals surface area contributed by atoms with Crippen molar-refractivity contribution in [1.82, 2.24) is 14.8 Å². The van der Waals surface area contributed by atoms with E-state index < -0.39 is 6.03 Å². The summed E-state index contributed by atoms with van der Waals surface area (Å²) in [5.74, 6) is 1.65. The van der Waals surface area contributed by atoms with Gasteiger partial charge in [0.1, 0.15) is 29.0 Å². The van der Waals surface area contributed by atoms with E-state index in [4.69, 9.17) is 10.5 Å². The molecule has 0 aliphatic rings.